The highest BCUT2D eigenvalue weighted by atomic mass is 32.2. The van der Waals surface area contributed by atoms with Gasteiger partial charge in [-0.15, -0.1) is 0 Å². The van der Waals surface area contributed by atoms with Gasteiger partial charge in [-0.25, -0.2) is 8.42 Å². The normalized spacial score (nSPS) is 20.8. The first-order valence-corrected chi connectivity index (χ1v) is 8.31. The van der Waals surface area contributed by atoms with Crippen LogP contribution in [-0.2, 0) is 10.0 Å². The molecule has 1 heterocycles. The number of nitrogens with zero attached hydrogens (tertiary/aromatic N) is 1. The van der Waals surface area contributed by atoms with Gasteiger partial charge in [-0.1, -0.05) is 24.4 Å². The van der Waals surface area contributed by atoms with Crippen LogP contribution in [0.4, 0.5) is 0 Å². The molecule has 1 fully saturated rings. The van der Waals surface area contributed by atoms with Gasteiger partial charge < -0.3 is 10.8 Å². The number of benzene rings is 1. The highest BCUT2D eigenvalue weighted by Gasteiger charge is 2.29. The van der Waals surface area contributed by atoms with Gasteiger partial charge in [0.25, 0.3) is 0 Å². The van der Waals surface area contributed by atoms with E-state index in [1.54, 1.807) is 12.1 Å². The Balaban J connectivity index is 2.23. The number of aliphatic hydroxyl groups excluding tert-OH is 1. The lowest BCUT2D eigenvalue weighted by atomic mass is 10.0. The lowest BCUT2D eigenvalue weighted by molar-refractivity contribution is 0.165. The second-order valence-electron chi connectivity index (χ2n) is 4.94. The molecule has 0 aliphatic carbocycles. The Labute approximate surface area is 124 Å². The predicted octanol–water partition coefficient (Wildman–Crippen LogP) is 0.714. The van der Waals surface area contributed by atoms with Crippen molar-refractivity contribution in [3.05, 3.63) is 29.8 Å². The maximum Gasteiger partial charge on any atom is 0.243 e. The van der Waals surface area contributed by atoms with Crippen molar-refractivity contribution in [1.29, 1.82) is 0 Å². The van der Waals surface area contributed by atoms with E-state index in [1.165, 1.54) is 16.4 Å². The summed E-state index contributed by atoms with van der Waals surface area (Å²) in [5, 5.41) is 9.19. The Morgan fingerprint density at radius 2 is 2.05 bits per heavy atom. The summed E-state index contributed by atoms with van der Waals surface area (Å²) < 4.78 is 26.5. The maximum atomic E-state index is 12.5. The molecule has 1 unspecified atom stereocenters. The molecule has 5 nitrogen and oxygen atoms in total. The standard InChI is InChI=1S/C13H18N2O3S2/c14-13(19)11-3-5-12(6-4-11)20(17,18)15-7-1-2-10(8-15)9-16/h3-6,10,16H,1-2,7-9H2,(H2,14,19). The summed E-state index contributed by atoms with van der Waals surface area (Å²) in [4.78, 5) is 0.475. The SMILES string of the molecule is NC(=S)c1ccc(S(=O)(=O)N2CCCC(CO)C2)cc1. The van der Waals surface area contributed by atoms with Gasteiger partial charge >= 0.3 is 0 Å². The first-order valence-electron chi connectivity index (χ1n) is 6.46. The number of rotatable bonds is 4. The van der Waals surface area contributed by atoms with Crippen LogP contribution in [0.5, 0.6) is 0 Å². The molecular formula is C13H18N2O3S2. The van der Waals surface area contributed by atoms with E-state index >= 15 is 0 Å². The number of nitrogens with two attached hydrogens (primary N) is 1. The van der Waals surface area contributed by atoms with E-state index in [0.717, 1.165) is 12.8 Å². The summed E-state index contributed by atoms with van der Waals surface area (Å²) in [6.07, 6.45) is 1.64. The summed E-state index contributed by atoms with van der Waals surface area (Å²) in [6, 6.07) is 6.27. The van der Waals surface area contributed by atoms with Crippen LogP contribution in [0.1, 0.15) is 18.4 Å². The van der Waals surface area contributed by atoms with E-state index in [4.69, 9.17) is 18.0 Å². The van der Waals surface area contributed by atoms with Crippen molar-refractivity contribution < 1.29 is 13.5 Å². The Kier molecular flexibility index (Phi) is 4.74. The van der Waals surface area contributed by atoms with Gasteiger partial charge in [0.2, 0.25) is 10.0 Å². The molecule has 0 saturated carbocycles. The third-order valence-corrected chi connectivity index (χ3v) is 5.63. The molecule has 1 saturated heterocycles. The van der Waals surface area contributed by atoms with Crippen molar-refractivity contribution in [3.63, 3.8) is 0 Å². The van der Waals surface area contributed by atoms with Crippen molar-refractivity contribution >= 4 is 27.2 Å². The van der Waals surface area contributed by atoms with Gasteiger partial charge in [-0.3, -0.25) is 0 Å². The fourth-order valence-electron chi connectivity index (χ4n) is 2.33. The van der Waals surface area contributed by atoms with E-state index in [2.05, 4.69) is 0 Å². The minimum Gasteiger partial charge on any atom is -0.396 e. The monoisotopic (exact) mass is 314 g/mol. The molecule has 20 heavy (non-hydrogen) atoms. The molecular weight excluding hydrogens is 296 g/mol. The molecule has 1 aromatic rings. The third-order valence-electron chi connectivity index (χ3n) is 3.52. The number of aliphatic hydroxyl groups is 1. The van der Waals surface area contributed by atoms with Crippen LogP contribution in [0.25, 0.3) is 0 Å². The van der Waals surface area contributed by atoms with E-state index in [1.807, 2.05) is 0 Å². The van der Waals surface area contributed by atoms with Gasteiger partial charge in [-0.05, 0) is 30.9 Å². The highest BCUT2D eigenvalue weighted by Crippen LogP contribution is 2.23. The molecule has 110 valence electrons. The van der Waals surface area contributed by atoms with Crippen LogP contribution >= 0.6 is 12.2 Å². The number of hydrogen-bond acceptors (Lipinski definition) is 4. The second kappa shape index (κ2) is 6.17. The van der Waals surface area contributed by atoms with Gasteiger partial charge in [0, 0.05) is 25.3 Å². The Hall–Kier alpha value is -1.02. The Morgan fingerprint density at radius 1 is 1.40 bits per heavy atom. The van der Waals surface area contributed by atoms with Crippen LogP contribution in [0.2, 0.25) is 0 Å². The van der Waals surface area contributed by atoms with Crippen LogP contribution < -0.4 is 5.73 Å². The van der Waals surface area contributed by atoms with Crippen LogP contribution in [-0.4, -0.2) is 42.5 Å². The van der Waals surface area contributed by atoms with Crippen molar-refractivity contribution in [1.82, 2.24) is 4.31 Å². The van der Waals surface area contributed by atoms with Gasteiger partial charge in [-0.2, -0.15) is 4.31 Å². The highest BCUT2D eigenvalue weighted by molar-refractivity contribution is 7.89. The maximum absolute atomic E-state index is 12.5. The van der Waals surface area contributed by atoms with Crippen molar-refractivity contribution in [2.24, 2.45) is 11.7 Å². The summed E-state index contributed by atoms with van der Waals surface area (Å²) in [6.45, 7) is 0.887. The van der Waals surface area contributed by atoms with Crippen LogP contribution in [0, 0.1) is 5.92 Å². The van der Waals surface area contributed by atoms with Crippen molar-refractivity contribution in [2.45, 2.75) is 17.7 Å². The first kappa shape index (κ1) is 15.4. The smallest absolute Gasteiger partial charge is 0.243 e. The third kappa shape index (κ3) is 3.17. The Bertz CT molecular complexity index is 584. The molecule has 7 heteroatoms. The largest absolute Gasteiger partial charge is 0.396 e. The zero-order valence-electron chi connectivity index (χ0n) is 11.0. The van der Waals surface area contributed by atoms with Gasteiger partial charge in [0.1, 0.15) is 4.99 Å². The van der Waals surface area contributed by atoms with Crippen LogP contribution in [0.15, 0.2) is 29.2 Å². The lowest BCUT2D eigenvalue weighted by Crippen LogP contribution is -2.40. The average Bonchev–Trinajstić information content (AvgIpc) is 2.47. The minimum atomic E-state index is -3.51. The molecule has 3 N–H and O–H groups in total. The van der Waals surface area contributed by atoms with E-state index in [9.17, 15) is 13.5 Å². The molecule has 1 atom stereocenters. The molecule has 0 aromatic heterocycles. The molecule has 0 spiro atoms. The fourth-order valence-corrected chi connectivity index (χ4v) is 4.03. The summed E-state index contributed by atoms with van der Waals surface area (Å²) in [7, 11) is -3.51. The predicted molar refractivity (Wildman–Crippen MR) is 80.9 cm³/mol. The molecule has 2 rings (SSSR count). The molecule has 1 aliphatic rings. The number of sulfonamides is 1. The van der Waals surface area contributed by atoms with Gasteiger partial charge in [0.15, 0.2) is 0 Å². The summed E-state index contributed by atoms with van der Waals surface area (Å²) >= 11 is 4.85. The van der Waals surface area contributed by atoms with E-state index < -0.39 is 10.0 Å². The molecule has 0 bridgehead atoms. The van der Waals surface area contributed by atoms with E-state index in [-0.39, 0.29) is 22.4 Å². The number of hydrogen-bond donors (Lipinski definition) is 2. The van der Waals surface area contributed by atoms with Gasteiger partial charge in [0.05, 0.1) is 4.90 Å². The summed E-state index contributed by atoms with van der Waals surface area (Å²) in [5.41, 5.74) is 6.14. The Morgan fingerprint density at radius 3 is 2.60 bits per heavy atom. The number of piperidine rings is 1. The van der Waals surface area contributed by atoms with E-state index in [0.29, 0.717) is 18.7 Å². The van der Waals surface area contributed by atoms with Crippen molar-refractivity contribution in [2.75, 3.05) is 19.7 Å². The zero-order chi connectivity index (χ0) is 14.8. The molecule has 1 aliphatic heterocycles. The second-order valence-corrected chi connectivity index (χ2v) is 7.32. The lowest BCUT2D eigenvalue weighted by Gasteiger charge is -2.30. The quantitative estimate of drug-likeness (QED) is 0.800. The van der Waals surface area contributed by atoms with Crippen molar-refractivity contribution in [3.8, 4) is 0 Å². The van der Waals surface area contributed by atoms with Crippen LogP contribution in [0.3, 0.4) is 0 Å². The molecule has 1 aromatic carbocycles. The topological polar surface area (TPSA) is 83.6 Å². The molecule has 0 amide bonds. The average molecular weight is 314 g/mol. The minimum absolute atomic E-state index is 0.0202. The fraction of sp³-hybridized carbons (Fsp3) is 0.462. The summed E-state index contributed by atoms with van der Waals surface area (Å²) in [5.74, 6) is 0.0226. The number of thiocarbonyl (C=S) groups is 1. The first-order chi connectivity index (χ1) is 9.45. The molecule has 0 radical (unpaired) electrons. The zero-order valence-corrected chi connectivity index (χ0v) is 12.7.